The van der Waals surface area contributed by atoms with Gasteiger partial charge in [0.05, 0.1) is 11.6 Å². The first-order valence-electron chi connectivity index (χ1n) is 12.4. The molecule has 0 unspecified atom stereocenters. The Hall–Kier alpha value is -3.61. The molecule has 3 aromatic rings. The van der Waals surface area contributed by atoms with E-state index in [2.05, 4.69) is 17.2 Å². The molecule has 0 radical (unpaired) electrons. The van der Waals surface area contributed by atoms with Crippen molar-refractivity contribution in [2.24, 2.45) is 0 Å². The van der Waals surface area contributed by atoms with Crippen LogP contribution < -0.4 is 4.74 Å². The van der Waals surface area contributed by atoms with E-state index in [1.54, 1.807) is 15.8 Å². The Labute approximate surface area is 207 Å². The standard InChI is InChI=1S/C28H34N4O3/c1-30-17-9-2-3-10-19-32(27(33)21-31-18-11-16-29-31)24(20-23-12-5-4-6-13-23)22-35-26-15-8-7-14-25(26)28(30)34/h4-8,11-16,18,24H,2-3,9-10,17,19-22H2,1H3/t24-/m0/s1. The summed E-state index contributed by atoms with van der Waals surface area (Å²) in [6.45, 7) is 1.86. The third-order valence-corrected chi connectivity index (χ3v) is 6.47. The molecule has 7 heteroatoms. The minimum atomic E-state index is -0.177. The Morgan fingerprint density at radius 2 is 1.71 bits per heavy atom. The molecule has 0 fully saturated rings. The number of hydrogen-bond acceptors (Lipinski definition) is 4. The number of para-hydroxylation sites is 1. The van der Waals surface area contributed by atoms with Crippen LogP contribution in [0.2, 0.25) is 0 Å². The minimum absolute atomic E-state index is 0.0226. The van der Waals surface area contributed by atoms with Crippen LogP contribution in [0.15, 0.2) is 73.1 Å². The molecule has 1 atom stereocenters. The molecule has 2 amide bonds. The number of rotatable bonds is 4. The van der Waals surface area contributed by atoms with Crippen molar-refractivity contribution in [1.82, 2.24) is 19.6 Å². The van der Waals surface area contributed by atoms with Gasteiger partial charge in [-0.05, 0) is 43.0 Å². The Balaban J connectivity index is 1.63. The van der Waals surface area contributed by atoms with Gasteiger partial charge in [-0.25, -0.2) is 0 Å². The molecule has 0 N–H and O–H groups in total. The van der Waals surface area contributed by atoms with Gasteiger partial charge in [-0.2, -0.15) is 5.10 Å². The molecule has 35 heavy (non-hydrogen) atoms. The third kappa shape index (κ3) is 6.72. The molecule has 0 saturated heterocycles. The predicted molar refractivity (Wildman–Crippen MR) is 135 cm³/mol. The highest BCUT2D eigenvalue weighted by Crippen LogP contribution is 2.22. The summed E-state index contributed by atoms with van der Waals surface area (Å²) in [7, 11) is 1.85. The number of fused-ring (bicyclic) bond motifs is 1. The number of carbonyl (C=O) groups excluding carboxylic acids is 2. The lowest BCUT2D eigenvalue weighted by molar-refractivity contribution is -0.135. The van der Waals surface area contributed by atoms with E-state index in [-0.39, 0.29) is 24.4 Å². The molecule has 2 heterocycles. The van der Waals surface area contributed by atoms with Gasteiger partial charge in [-0.15, -0.1) is 0 Å². The Morgan fingerprint density at radius 1 is 0.971 bits per heavy atom. The first kappa shape index (κ1) is 24.5. The van der Waals surface area contributed by atoms with Crippen LogP contribution in [0.3, 0.4) is 0 Å². The summed E-state index contributed by atoms with van der Waals surface area (Å²) in [6.07, 6.45) is 8.02. The van der Waals surface area contributed by atoms with Crippen LogP contribution in [-0.2, 0) is 17.8 Å². The Bertz CT molecular complexity index is 1080. The SMILES string of the molecule is CN1CCCCCCN(C(=O)Cn2cccn2)[C@@H](Cc2ccccc2)COc2ccccc2C1=O. The second-order valence-corrected chi connectivity index (χ2v) is 9.08. The van der Waals surface area contributed by atoms with Crippen molar-refractivity contribution in [3.8, 4) is 5.75 Å². The maximum absolute atomic E-state index is 13.5. The maximum Gasteiger partial charge on any atom is 0.257 e. The average Bonchev–Trinajstić information content (AvgIpc) is 3.39. The summed E-state index contributed by atoms with van der Waals surface area (Å²) in [5, 5.41) is 4.23. The molecule has 4 rings (SSSR count). The molecule has 2 aromatic carbocycles. The summed E-state index contributed by atoms with van der Waals surface area (Å²) in [4.78, 5) is 30.3. The van der Waals surface area contributed by atoms with Crippen molar-refractivity contribution >= 4 is 11.8 Å². The molecule has 0 bridgehead atoms. The number of aromatic nitrogens is 2. The number of carbonyl (C=O) groups is 2. The minimum Gasteiger partial charge on any atom is -0.491 e. The summed E-state index contributed by atoms with van der Waals surface area (Å²) < 4.78 is 7.95. The van der Waals surface area contributed by atoms with Crippen molar-refractivity contribution < 1.29 is 14.3 Å². The van der Waals surface area contributed by atoms with Crippen LogP contribution in [0.5, 0.6) is 5.75 Å². The molecular formula is C28H34N4O3. The second-order valence-electron chi connectivity index (χ2n) is 9.08. The van der Waals surface area contributed by atoms with Gasteiger partial charge in [-0.1, -0.05) is 55.3 Å². The summed E-state index contributed by atoms with van der Waals surface area (Å²) in [6, 6.07) is 19.2. The summed E-state index contributed by atoms with van der Waals surface area (Å²) >= 11 is 0. The number of nitrogens with zero attached hydrogens (tertiary/aromatic N) is 4. The van der Waals surface area contributed by atoms with Crippen LogP contribution >= 0.6 is 0 Å². The third-order valence-electron chi connectivity index (χ3n) is 6.47. The van der Waals surface area contributed by atoms with Crippen LogP contribution in [0, 0.1) is 0 Å². The highest BCUT2D eigenvalue weighted by Gasteiger charge is 2.26. The lowest BCUT2D eigenvalue weighted by Gasteiger charge is -2.33. The van der Waals surface area contributed by atoms with Gasteiger partial charge in [-0.3, -0.25) is 14.3 Å². The zero-order valence-corrected chi connectivity index (χ0v) is 20.4. The molecule has 1 aliphatic rings. The van der Waals surface area contributed by atoms with E-state index in [0.29, 0.717) is 37.4 Å². The predicted octanol–water partition coefficient (Wildman–Crippen LogP) is 4.05. The molecule has 1 aliphatic heterocycles. The molecule has 0 spiro atoms. The number of hydrogen-bond donors (Lipinski definition) is 0. The van der Waals surface area contributed by atoms with Crippen molar-refractivity contribution in [2.45, 2.75) is 44.7 Å². The fraction of sp³-hybridized carbons (Fsp3) is 0.393. The number of benzene rings is 2. The van der Waals surface area contributed by atoms with Gasteiger partial charge in [0.1, 0.15) is 18.9 Å². The largest absolute Gasteiger partial charge is 0.491 e. The van der Waals surface area contributed by atoms with Crippen LogP contribution in [-0.4, -0.2) is 64.2 Å². The smallest absolute Gasteiger partial charge is 0.257 e. The van der Waals surface area contributed by atoms with Crippen LogP contribution in [0.1, 0.15) is 41.6 Å². The van der Waals surface area contributed by atoms with Crippen LogP contribution in [0.4, 0.5) is 0 Å². The van der Waals surface area contributed by atoms with E-state index in [1.807, 2.05) is 66.7 Å². The number of ether oxygens (including phenoxy) is 1. The van der Waals surface area contributed by atoms with Gasteiger partial charge in [0, 0.05) is 32.5 Å². The van der Waals surface area contributed by atoms with E-state index in [4.69, 9.17) is 4.74 Å². The van der Waals surface area contributed by atoms with Gasteiger partial charge >= 0.3 is 0 Å². The molecule has 1 aromatic heterocycles. The zero-order chi connectivity index (χ0) is 24.5. The van der Waals surface area contributed by atoms with Gasteiger partial charge < -0.3 is 14.5 Å². The summed E-state index contributed by atoms with van der Waals surface area (Å²) in [5.41, 5.74) is 1.70. The van der Waals surface area contributed by atoms with E-state index >= 15 is 0 Å². The van der Waals surface area contributed by atoms with E-state index in [0.717, 1.165) is 31.2 Å². The van der Waals surface area contributed by atoms with Gasteiger partial charge in [0.25, 0.3) is 5.91 Å². The highest BCUT2D eigenvalue weighted by molar-refractivity contribution is 5.96. The topological polar surface area (TPSA) is 67.7 Å². The average molecular weight is 475 g/mol. The van der Waals surface area contributed by atoms with Crippen molar-refractivity contribution in [2.75, 3.05) is 26.7 Å². The molecule has 0 aliphatic carbocycles. The quantitative estimate of drug-likeness (QED) is 0.572. The van der Waals surface area contributed by atoms with E-state index in [1.165, 1.54) is 0 Å². The van der Waals surface area contributed by atoms with Crippen LogP contribution in [0.25, 0.3) is 0 Å². The molecule has 0 saturated carbocycles. The molecule has 7 nitrogen and oxygen atoms in total. The number of amides is 2. The lowest BCUT2D eigenvalue weighted by atomic mass is 10.0. The molecular weight excluding hydrogens is 440 g/mol. The first-order chi connectivity index (χ1) is 17.1. The first-order valence-corrected chi connectivity index (χ1v) is 12.4. The van der Waals surface area contributed by atoms with Gasteiger partial charge in [0.15, 0.2) is 0 Å². The fourth-order valence-corrected chi connectivity index (χ4v) is 4.53. The Morgan fingerprint density at radius 3 is 2.49 bits per heavy atom. The summed E-state index contributed by atoms with van der Waals surface area (Å²) in [5.74, 6) is 0.539. The molecule has 184 valence electrons. The second kappa shape index (κ2) is 12.2. The van der Waals surface area contributed by atoms with Gasteiger partial charge in [0.2, 0.25) is 5.91 Å². The highest BCUT2D eigenvalue weighted by atomic mass is 16.5. The fourth-order valence-electron chi connectivity index (χ4n) is 4.53. The zero-order valence-electron chi connectivity index (χ0n) is 20.4. The normalized spacial score (nSPS) is 17.9. The van der Waals surface area contributed by atoms with Crippen molar-refractivity contribution in [3.05, 3.63) is 84.2 Å². The van der Waals surface area contributed by atoms with Crippen molar-refractivity contribution in [3.63, 3.8) is 0 Å². The van der Waals surface area contributed by atoms with E-state index < -0.39 is 0 Å². The van der Waals surface area contributed by atoms with E-state index in [9.17, 15) is 9.59 Å². The van der Waals surface area contributed by atoms with Crippen molar-refractivity contribution in [1.29, 1.82) is 0 Å². The lowest BCUT2D eigenvalue weighted by Crippen LogP contribution is -2.47. The Kier molecular flexibility index (Phi) is 8.54. The maximum atomic E-state index is 13.5. The monoisotopic (exact) mass is 474 g/mol.